The Bertz CT molecular complexity index is 1330. The number of morpholine rings is 1. The van der Waals surface area contributed by atoms with E-state index < -0.39 is 62.5 Å². The number of nitrogens with zero attached hydrogens (tertiary/aromatic N) is 2. The van der Waals surface area contributed by atoms with Crippen molar-refractivity contribution in [2.24, 2.45) is 0 Å². The van der Waals surface area contributed by atoms with Crippen molar-refractivity contribution in [3.63, 3.8) is 0 Å². The van der Waals surface area contributed by atoms with Crippen LogP contribution in [0.5, 0.6) is 0 Å². The van der Waals surface area contributed by atoms with Crippen molar-refractivity contribution in [1.82, 2.24) is 9.88 Å². The zero-order valence-electron chi connectivity index (χ0n) is 18.1. The molecule has 7 nitrogen and oxygen atoms in total. The Morgan fingerprint density at radius 1 is 1.21 bits per heavy atom. The highest BCUT2D eigenvalue weighted by Gasteiger charge is 2.29. The first-order chi connectivity index (χ1) is 16.2. The third-order valence-corrected chi connectivity index (χ3v) is 5.63. The summed E-state index contributed by atoms with van der Waals surface area (Å²) in [6.45, 7) is 3.54. The van der Waals surface area contributed by atoms with E-state index >= 15 is 8.78 Å². The van der Waals surface area contributed by atoms with Crippen molar-refractivity contribution < 1.29 is 32.2 Å². The molecule has 0 amide bonds. The Labute approximate surface area is 191 Å². The average Bonchev–Trinajstić information content (AvgIpc) is 2.79. The molecule has 0 bridgehead atoms. The number of benzene rings is 2. The number of likely N-dealkylation sites (N-methyl/N-ethyl adjacent to an activating group) is 1. The van der Waals surface area contributed by atoms with Gasteiger partial charge in [0.1, 0.15) is 28.7 Å². The molecule has 1 saturated heterocycles. The minimum absolute atomic E-state index is 0.148. The molecule has 0 saturated carbocycles. The maximum atomic E-state index is 15.9. The molecule has 0 spiro atoms. The van der Waals surface area contributed by atoms with Crippen molar-refractivity contribution in [2.45, 2.75) is 13.0 Å². The van der Waals surface area contributed by atoms with Crippen molar-refractivity contribution >= 4 is 22.6 Å². The SMILES string of the molecule is CCNCC1CN(c2c(F)cc3c(=O)c(C(=O)O)cn(-c4ccc(F)cc4F)c3c2F)CCO1. The van der Waals surface area contributed by atoms with Gasteiger partial charge in [-0.2, -0.15) is 0 Å². The molecule has 0 radical (unpaired) electrons. The Morgan fingerprint density at radius 2 is 1.97 bits per heavy atom. The average molecular weight is 479 g/mol. The summed E-state index contributed by atoms with van der Waals surface area (Å²) in [6, 6.07) is 3.16. The molecule has 2 N–H and O–H groups in total. The van der Waals surface area contributed by atoms with Crippen LogP contribution < -0.4 is 15.6 Å². The van der Waals surface area contributed by atoms with Gasteiger partial charge in [-0.15, -0.1) is 0 Å². The molecular formula is C23H21F4N3O4. The normalized spacial score (nSPS) is 16.3. The molecule has 0 aliphatic carbocycles. The molecule has 34 heavy (non-hydrogen) atoms. The second-order valence-electron chi connectivity index (χ2n) is 7.81. The summed E-state index contributed by atoms with van der Waals surface area (Å²) in [6.07, 6.45) is 0.399. The van der Waals surface area contributed by atoms with E-state index in [0.717, 1.165) is 29.0 Å². The maximum Gasteiger partial charge on any atom is 0.341 e. The van der Waals surface area contributed by atoms with Crippen LogP contribution in [-0.4, -0.2) is 54.5 Å². The summed E-state index contributed by atoms with van der Waals surface area (Å²) in [4.78, 5) is 25.8. The third-order valence-electron chi connectivity index (χ3n) is 5.63. The van der Waals surface area contributed by atoms with Crippen LogP contribution in [0.25, 0.3) is 16.6 Å². The Balaban J connectivity index is 1.97. The molecule has 1 unspecified atom stereocenters. The number of pyridine rings is 1. The number of aromatic carboxylic acids is 1. The topological polar surface area (TPSA) is 83.8 Å². The molecule has 2 aromatic carbocycles. The van der Waals surface area contributed by atoms with E-state index in [0.29, 0.717) is 19.2 Å². The lowest BCUT2D eigenvalue weighted by Crippen LogP contribution is -2.47. The largest absolute Gasteiger partial charge is 0.477 e. The van der Waals surface area contributed by atoms with Gasteiger partial charge in [0.25, 0.3) is 0 Å². The van der Waals surface area contributed by atoms with Crippen LogP contribution in [0.1, 0.15) is 17.3 Å². The number of ether oxygens (including phenoxy) is 1. The van der Waals surface area contributed by atoms with Gasteiger partial charge in [0.05, 0.1) is 29.3 Å². The fourth-order valence-corrected chi connectivity index (χ4v) is 4.06. The molecule has 4 rings (SSSR count). The van der Waals surface area contributed by atoms with E-state index in [4.69, 9.17) is 4.74 Å². The molecule has 1 aliphatic rings. The van der Waals surface area contributed by atoms with Gasteiger partial charge in [-0.3, -0.25) is 4.79 Å². The van der Waals surface area contributed by atoms with Crippen molar-refractivity contribution in [1.29, 1.82) is 0 Å². The van der Waals surface area contributed by atoms with E-state index in [9.17, 15) is 23.5 Å². The zero-order chi connectivity index (χ0) is 24.6. The summed E-state index contributed by atoms with van der Waals surface area (Å²) in [5.74, 6) is -5.93. The highest BCUT2D eigenvalue weighted by Crippen LogP contribution is 2.33. The first-order valence-corrected chi connectivity index (χ1v) is 10.6. The van der Waals surface area contributed by atoms with Crippen LogP contribution in [-0.2, 0) is 4.74 Å². The second-order valence-corrected chi connectivity index (χ2v) is 7.81. The first kappa shape index (κ1) is 23.7. The Hall–Kier alpha value is -3.44. The lowest BCUT2D eigenvalue weighted by Gasteiger charge is -2.35. The van der Waals surface area contributed by atoms with Crippen molar-refractivity contribution in [2.75, 3.05) is 37.7 Å². The first-order valence-electron chi connectivity index (χ1n) is 10.6. The molecule has 3 aromatic rings. The molecule has 1 aliphatic heterocycles. The van der Waals surface area contributed by atoms with Gasteiger partial charge in [0.15, 0.2) is 5.82 Å². The number of aromatic nitrogens is 1. The Kier molecular flexibility index (Phi) is 6.58. The molecule has 1 atom stereocenters. The fraction of sp³-hybridized carbons (Fsp3) is 0.304. The van der Waals surface area contributed by atoms with Crippen LogP contribution in [0.4, 0.5) is 23.2 Å². The number of halogens is 4. The summed E-state index contributed by atoms with van der Waals surface area (Å²) in [5, 5.41) is 11.9. The minimum atomic E-state index is -1.66. The van der Waals surface area contributed by atoms with E-state index in [1.54, 1.807) is 0 Å². The number of carboxylic acid groups (broad SMARTS) is 1. The van der Waals surface area contributed by atoms with Gasteiger partial charge in [-0.05, 0) is 24.7 Å². The molecular weight excluding hydrogens is 458 g/mol. The quantitative estimate of drug-likeness (QED) is 0.529. The van der Waals surface area contributed by atoms with Crippen molar-refractivity contribution in [3.8, 4) is 5.69 Å². The highest BCUT2D eigenvalue weighted by atomic mass is 19.1. The number of carboxylic acids is 1. The molecule has 11 heteroatoms. The highest BCUT2D eigenvalue weighted by molar-refractivity contribution is 5.94. The lowest BCUT2D eigenvalue weighted by atomic mass is 10.1. The van der Waals surface area contributed by atoms with Crippen LogP contribution in [0.2, 0.25) is 0 Å². The van der Waals surface area contributed by atoms with E-state index in [1.165, 1.54) is 4.90 Å². The van der Waals surface area contributed by atoms with E-state index in [-0.39, 0.29) is 25.8 Å². The number of carbonyl (C=O) groups is 1. The number of hydrogen-bond donors (Lipinski definition) is 2. The third kappa shape index (κ3) is 4.24. The predicted molar refractivity (Wildman–Crippen MR) is 117 cm³/mol. The van der Waals surface area contributed by atoms with Gasteiger partial charge in [-0.1, -0.05) is 6.92 Å². The smallest absolute Gasteiger partial charge is 0.341 e. The number of rotatable bonds is 6. The standard InChI is InChI=1S/C23H21F4N3O4/c1-2-28-9-13-10-29(5-6-34-13)21-17(26)8-14-20(19(21)27)30(11-15(22(14)31)23(32)33)18-4-3-12(24)7-16(18)25/h3-4,7-8,11,13,28H,2,5-6,9-10H2,1H3,(H,32,33). The van der Waals surface area contributed by atoms with Gasteiger partial charge in [-0.25, -0.2) is 22.4 Å². The van der Waals surface area contributed by atoms with Gasteiger partial charge >= 0.3 is 5.97 Å². The van der Waals surface area contributed by atoms with Crippen molar-refractivity contribution in [3.05, 3.63) is 69.5 Å². The summed E-state index contributed by atoms with van der Waals surface area (Å²) >= 11 is 0. The maximum absolute atomic E-state index is 15.9. The molecule has 1 fully saturated rings. The number of fused-ring (bicyclic) bond motifs is 1. The Morgan fingerprint density at radius 3 is 2.65 bits per heavy atom. The number of anilines is 1. The molecule has 1 aromatic heterocycles. The summed E-state index contributed by atoms with van der Waals surface area (Å²) in [5.41, 5.74) is -3.32. The summed E-state index contributed by atoms with van der Waals surface area (Å²) < 4.78 is 65.6. The van der Waals surface area contributed by atoms with E-state index in [2.05, 4.69) is 5.32 Å². The van der Waals surface area contributed by atoms with Crippen LogP contribution in [0.15, 0.2) is 35.3 Å². The minimum Gasteiger partial charge on any atom is -0.477 e. The summed E-state index contributed by atoms with van der Waals surface area (Å²) in [7, 11) is 0. The van der Waals surface area contributed by atoms with Gasteiger partial charge < -0.3 is 24.6 Å². The lowest BCUT2D eigenvalue weighted by molar-refractivity contribution is 0.0408. The molecule has 2 heterocycles. The monoisotopic (exact) mass is 479 g/mol. The number of nitrogens with one attached hydrogen (secondary N) is 1. The molecule has 180 valence electrons. The van der Waals surface area contributed by atoms with Crippen LogP contribution in [0.3, 0.4) is 0 Å². The van der Waals surface area contributed by atoms with E-state index in [1.807, 2.05) is 6.92 Å². The van der Waals surface area contributed by atoms with Crippen LogP contribution >= 0.6 is 0 Å². The van der Waals surface area contributed by atoms with Crippen LogP contribution in [0, 0.1) is 23.3 Å². The second kappa shape index (κ2) is 9.43. The van der Waals surface area contributed by atoms with Gasteiger partial charge in [0.2, 0.25) is 5.43 Å². The van der Waals surface area contributed by atoms with Gasteiger partial charge in [0, 0.05) is 31.9 Å². The predicted octanol–water partition coefficient (Wildman–Crippen LogP) is 3.06. The fourth-order valence-electron chi connectivity index (χ4n) is 4.06. The zero-order valence-corrected chi connectivity index (χ0v) is 18.1. The number of hydrogen-bond acceptors (Lipinski definition) is 5.